The first-order valence-corrected chi connectivity index (χ1v) is 13.0. The third kappa shape index (κ3) is 6.94. The molecule has 0 spiro atoms. The minimum Gasteiger partial charge on any atom is -0.317 e. The van der Waals surface area contributed by atoms with Crippen LogP contribution in [-0.2, 0) is 0 Å². The molecule has 0 atom stereocenters. The molecule has 1 heterocycles. The Hall–Kier alpha value is 0.135. The van der Waals surface area contributed by atoms with E-state index in [1.165, 1.54) is 12.1 Å². The zero-order chi connectivity index (χ0) is 20.6. The van der Waals surface area contributed by atoms with E-state index in [1.807, 2.05) is 6.20 Å². The quantitative estimate of drug-likeness (QED) is 0.389. The molecule has 0 amide bonds. The molecule has 2 nitrogen and oxygen atoms in total. The van der Waals surface area contributed by atoms with Gasteiger partial charge in [0.05, 0.1) is 0 Å². The molecule has 0 radical (unpaired) electrons. The lowest BCUT2D eigenvalue weighted by Crippen LogP contribution is -2.42. The molecular weight excluding hydrogens is 353 g/mol. The zero-order valence-electron chi connectivity index (χ0n) is 19.5. The predicted molar refractivity (Wildman–Crippen MR) is 126 cm³/mol. The molecule has 1 aromatic heterocycles. The summed E-state index contributed by atoms with van der Waals surface area (Å²) in [5, 5.41) is 6.10. The largest absolute Gasteiger partial charge is 0.317 e. The second-order valence-electron chi connectivity index (χ2n) is 11.5. The monoisotopic (exact) mass is 396 g/mol. The second-order valence-corrected chi connectivity index (χ2v) is 19.4. The fraction of sp³-hybridized carbons (Fsp3) is 0.857. The molecule has 5 heteroatoms. The van der Waals surface area contributed by atoms with E-state index in [-0.39, 0.29) is 15.8 Å². The maximum Gasteiger partial charge on any atom is 0.292 e. The summed E-state index contributed by atoms with van der Waals surface area (Å²) >= 11 is 0. The van der Waals surface area contributed by atoms with Gasteiger partial charge in [0.1, 0.15) is 0 Å². The summed E-state index contributed by atoms with van der Waals surface area (Å²) in [5.41, 5.74) is 0. The van der Waals surface area contributed by atoms with Crippen LogP contribution in [0.1, 0.15) is 83.1 Å². The van der Waals surface area contributed by atoms with Crippen LogP contribution in [0.3, 0.4) is 0 Å². The summed E-state index contributed by atoms with van der Waals surface area (Å²) < 4.78 is 2.26. The maximum atomic E-state index is 4.69. The van der Waals surface area contributed by atoms with Crippen molar-refractivity contribution >= 4 is 22.7 Å². The summed E-state index contributed by atoms with van der Waals surface area (Å²) in [6, 6.07) is 4.60. The van der Waals surface area contributed by atoms with Gasteiger partial charge in [0, 0.05) is 12.4 Å². The molecule has 0 bridgehead atoms. The first kappa shape index (κ1) is 24.2. The molecule has 0 aliphatic carbocycles. The smallest absolute Gasteiger partial charge is 0.292 e. The molecule has 0 aliphatic heterocycles. The van der Waals surface area contributed by atoms with Gasteiger partial charge in [0.25, 0.3) is 6.85 Å². The van der Waals surface area contributed by atoms with Crippen molar-refractivity contribution in [1.29, 1.82) is 0 Å². The van der Waals surface area contributed by atoms with Gasteiger partial charge >= 0.3 is 0 Å². The minimum atomic E-state index is -0.140. The van der Waals surface area contributed by atoms with Crippen LogP contribution in [0, 0.1) is 0 Å². The number of rotatable bonds is 5. The Bertz CT molecular complexity index is 481. The van der Waals surface area contributed by atoms with E-state index in [9.17, 15) is 0 Å². The van der Waals surface area contributed by atoms with E-state index in [0.29, 0.717) is 27.5 Å². The topological polar surface area (TPSA) is 17.8 Å². The van der Waals surface area contributed by atoms with Crippen LogP contribution >= 0.6 is 15.8 Å². The van der Waals surface area contributed by atoms with Crippen molar-refractivity contribution in [2.24, 2.45) is 0 Å². The normalized spacial score (nSPS) is 14.4. The van der Waals surface area contributed by atoms with Crippen LogP contribution < -0.4 is 0 Å². The summed E-state index contributed by atoms with van der Waals surface area (Å²) in [7, 11) is -0.279. The van der Waals surface area contributed by atoms with Crippen molar-refractivity contribution in [3.05, 3.63) is 18.5 Å². The van der Waals surface area contributed by atoms with Crippen LogP contribution in [0.15, 0.2) is 18.5 Å². The highest BCUT2D eigenvalue weighted by Gasteiger charge is 2.42. The summed E-state index contributed by atoms with van der Waals surface area (Å²) in [4.78, 5) is 0. The Morgan fingerprint density at radius 1 is 0.692 bits per heavy atom. The zero-order valence-corrected chi connectivity index (χ0v) is 21.3. The van der Waals surface area contributed by atoms with Crippen LogP contribution in [0.2, 0.25) is 0 Å². The van der Waals surface area contributed by atoms with Crippen molar-refractivity contribution in [2.45, 2.75) is 104 Å². The first-order valence-electron chi connectivity index (χ1n) is 9.98. The van der Waals surface area contributed by atoms with Gasteiger partial charge in [-0.3, -0.25) is 0 Å². The van der Waals surface area contributed by atoms with Crippen LogP contribution in [0.5, 0.6) is 0 Å². The van der Waals surface area contributed by atoms with Gasteiger partial charge in [0.2, 0.25) is 0 Å². The fourth-order valence-corrected chi connectivity index (χ4v) is 12.1. The molecule has 0 saturated carbocycles. The second kappa shape index (κ2) is 8.25. The molecular formula is C21H43BN2P2. The number of nitrogens with zero attached hydrogens (tertiary/aromatic N) is 2. The molecule has 0 aliphatic rings. The highest BCUT2D eigenvalue weighted by molar-refractivity contribution is 7.66. The van der Waals surface area contributed by atoms with Gasteiger partial charge in [0.15, 0.2) is 0 Å². The Kier molecular flexibility index (Phi) is 7.67. The van der Waals surface area contributed by atoms with Gasteiger partial charge in [-0.15, -0.1) is 15.8 Å². The molecule has 1 aromatic rings. The van der Waals surface area contributed by atoms with Crippen molar-refractivity contribution in [3.63, 3.8) is 0 Å². The fourth-order valence-electron chi connectivity index (χ4n) is 4.25. The van der Waals surface area contributed by atoms with Crippen molar-refractivity contribution < 1.29 is 0 Å². The number of hydrogen-bond donors (Lipinski definition) is 0. The maximum absolute atomic E-state index is 4.69. The summed E-state index contributed by atoms with van der Waals surface area (Å²) in [6.07, 6.45) is 4.13. The lowest BCUT2D eigenvalue weighted by atomic mass is 9.68. The minimum absolute atomic E-state index is 0.140. The van der Waals surface area contributed by atoms with Gasteiger partial charge in [-0.05, 0) is 38.8 Å². The highest BCUT2D eigenvalue weighted by Crippen LogP contribution is 2.62. The molecule has 0 aromatic carbocycles. The van der Waals surface area contributed by atoms with Crippen molar-refractivity contribution in [3.8, 4) is 0 Å². The molecule has 0 fully saturated rings. The van der Waals surface area contributed by atoms with Crippen molar-refractivity contribution in [2.75, 3.05) is 12.1 Å². The van der Waals surface area contributed by atoms with Crippen LogP contribution in [-0.4, -0.2) is 49.3 Å². The van der Waals surface area contributed by atoms with Gasteiger partial charge in [-0.1, -0.05) is 83.1 Å². The van der Waals surface area contributed by atoms with E-state index < -0.39 is 0 Å². The number of hydrogen-bond acceptors (Lipinski definition) is 1. The molecule has 0 saturated heterocycles. The Morgan fingerprint density at radius 2 is 1.04 bits per heavy atom. The Morgan fingerprint density at radius 3 is 1.27 bits per heavy atom. The Balaban J connectivity index is 3.26. The van der Waals surface area contributed by atoms with E-state index in [0.717, 1.165) is 0 Å². The first-order chi connectivity index (χ1) is 11.4. The van der Waals surface area contributed by atoms with Crippen LogP contribution in [0.25, 0.3) is 0 Å². The highest BCUT2D eigenvalue weighted by atomic mass is 31.1. The van der Waals surface area contributed by atoms with E-state index in [1.54, 1.807) is 0 Å². The van der Waals surface area contributed by atoms with Gasteiger partial charge in [-0.25, -0.2) is 0 Å². The molecule has 26 heavy (non-hydrogen) atoms. The lowest BCUT2D eigenvalue weighted by molar-refractivity contribution is 0.706. The third-order valence-electron chi connectivity index (χ3n) is 4.92. The van der Waals surface area contributed by atoms with Crippen molar-refractivity contribution in [1.82, 2.24) is 9.69 Å². The van der Waals surface area contributed by atoms with E-state index in [4.69, 9.17) is 0 Å². The third-order valence-corrected chi connectivity index (χ3v) is 13.0. The average Bonchev–Trinajstić information content (AvgIpc) is 2.86. The number of aromatic nitrogens is 2. The average molecular weight is 396 g/mol. The summed E-state index contributed by atoms with van der Waals surface area (Å²) in [6.45, 7) is 29.7. The van der Waals surface area contributed by atoms with Gasteiger partial charge < -0.3 is 4.59 Å². The summed E-state index contributed by atoms with van der Waals surface area (Å²) in [5.74, 6) is 0. The molecule has 0 N–H and O–H groups in total. The van der Waals surface area contributed by atoms with Crippen LogP contribution in [0.4, 0.5) is 0 Å². The molecule has 1 rings (SSSR count). The van der Waals surface area contributed by atoms with E-state index >= 15 is 0 Å². The Labute approximate surface area is 166 Å². The van der Waals surface area contributed by atoms with E-state index in [2.05, 4.69) is 105 Å². The lowest BCUT2D eigenvalue weighted by Gasteiger charge is -2.46. The molecule has 150 valence electrons. The van der Waals surface area contributed by atoms with Gasteiger partial charge in [-0.2, -0.15) is 5.10 Å². The standard InChI is InChI=1S/C21H43BN2P2/c1-18(2,3)25(19(4,5)6)16-22(24-15-13-14-23-24)17-26(20(7,8)9)21(10,11)12/h13-15H,16-17H2,1-12H3. The predicted octanol–water partition coefficient (Wildman–Crippen LogP) is 6.96. The SMILES string of the molecule is CC(C)(C)P(CB(CP(C(C)(C)C)C(C)(C)C)n1cccn1)C(C)(C)C. The molecule has 0 unspecified atom stereocenters.